The third-order valence-electron chi connectivity index (χ3n) is 4.93. The molecule has 0 radical (unpaired) electrons. The summed E-state index contributed by atoms with van der Waals surface area (Å²) in [5.41, 5.74) is 10.1. The summed E-state index contributed by atoms with van der Waals surface area (Å²) >= 11 is 0. The average molecular weight is 412 g/mol. The summed E-state index contributed by atoms with van der Waals surface area (Å²) < 4.78 is 1.72. The molecule has 2 aromatic heterocycles. The van der Waals surface area contributed by atoms with Crippen LogP contribution in [0.15, 0.2) is 79.1 Å². The predicted octanol–water partition coefficient (Wildman–Crippen LogP) is 4.20. The monoisotopic (exact) mass is 412 g/mol. The second kappa shape index (κ2) is 9.13. The summed E-state index contributed by atoms with van der Waals surface area (Å²) in [5.74, 6) is 1.16. The first-order valence-corrected chi connectivity index (χ1v) is 10.0. The van der Waals surface area contributed by atoms with Gasteiger partial charge in [-0.1, -0.05) is 48.0 Å². The van der Waals surface area contributed by atoms with Gasteiger partial charge in [0, 0.05) is 12.1 Å². The number of benzene rings is 2. The summed E-state index contributed by atoms with van der Waals surface area (Å²) in [6.07, 6.45) is 3.30. The summed E-state index contributed by atoms with van der Waals surface area (Å²) in [7, 11) is 0. The van der Waals surface area contributed by atoms with E-state index in [4.69, 9.17) is 5.73 Å². The lowest BCUT2D eigenvalue weighted by Gasteiger charge is -2.11. The van der Waals surface area contributed by atoms with Crippen LogP contribution in [0.2, 0.25) is 0 Å². The summed E-state index contributed by atoms with van der Waals surface area (Å²) in [6.45, 7) is 3.31. The molecule has 7 nitrogen and oxygen atoms in total. The zero-order chi connectivity index (χ0) is 21.6. The highest BCUT2D eigenvalue weighted by atomic mass is 16.1. The molecule has 2 heterocycles. The Balaban J connectivity index is 1.40. The Morgan fingerprint density at radius 3 is 2.55 bits per heavy atom. The van der Waals surface area contributed by atoms with Crippen molar-refractivity contribution in [2.45, 2.75) is 13.5 Å². The number of anilines is 3. The van der Waals surface area contributed by atoms with Crippen molar-refractivity contribution in [3.8, 4) is 11.1 Å². The van der Waals surface area contributed by atoms with Crippen molar-refractivity contribution in [3.05, 3.63) is 90.3 Å². The molecule has 0 spiro atoms. The van der Waals surface area contributed by atoms with Crippen molar-refractivity contribution in [1.29, 1.82) is 0 Å². The van der Waals surface area contributed by atoms with Gasteiger partial charge in [0.15, 0.2) is 0 Å². The zero-order valence-electron chi connectivity index (χ0n) is 17.2. The van der Waals surface area contributed by atoms with E-state index in [0.717, 1.165) is 11.1 Å². The van der Waals surface area contributed by atoms with Gasteiger partial charge in [-0.15, -0.1) is 0 Å². The highest BCUT2D eigenvalue weighted by molar-refractivity contribution is 6.08. The fourth-order valence-electron chi connectivity index (χ4n) is 3.26. The maximum absolute atomic E-state index is 12.9. The number of hydrogen-bond donors (Lipinski definition) is 3. The van der Waals surface area contributed by atoms with Crippen molar-refractivity contribution in [1.82, 2.24) is 14.8 Å². The fourth-order valence-corrected chi connectivity index (χ4v) is 3.26. The van der Waals surface area contributed by atoms with Gasteiger partial charge >= 0.3 is 0 Å². The van der Waals surface area contributed by atoms with Gasteiger partial charge in [0.25, 0.3) is 5.91 Å². The van der Waals surface area contributed by atoms with Crippen LogP contribution < -0.4 is 16.4 Å². The number of nitrogens with one attached hydrogen (secondary N) is 2. The van der Waals surface area contributed by atoms with Crippen molar-refractivity contribution in [2.24, 2.45) is 0 Å². The number of aryl methyl sites for hydroxylation is 1. The number of carbonyl (C=O) groups excluding carboxylic acids is 1. The summed E-state index contributed by atoms with van der Waals surface area (Å²) in [6, 6.07) is 21.1. The van der Waals surface area contributed by atoms with Crippen molar-refractivity contribution in [3.63, 3.8) is 0 Å². The van der Waals surface area contributed by atoms with Gasteiger partial charge < -0.3 is 16.4 Å². The van der Waals surface area contributed by atoms with E-state index in [2.05, 4.69) is 20.7 Å². The van der Waals surface area contributed by atoms with Gasteiger partial charge in [0.1, 0.15) is 11.6 Å². The Morgan fingerprint density at radius 2 is 1.84 bits per heavy atom. The number of rotatable bonds is 7. The van der Waals surface area contributed by atoms with Crippen LogP contribution in [0.5, 0.6) is 0 Å². The van der Waals surface area contributed by atoms with Crippen LogP contribution in [0.25, 0.3) is 11.1 Å². The molecule has 4 N–H and O–H groups in total. The average Bonchev–Trinajstić information content (AvgIpc) is 3.20. The quantitative estimate of drug-likeness (QED) is 0.423. The van der Waals surface area contributed by atoms with Crippen LogP contribution in [0.4, 0.5) is 17.3 Å². The van der Waals surface area contributed by atoms with Crippen molar-refractivity contribution >= 4 is 23.2 Å². The Bertz CT molecular complexity index is 1170. The molecule has 4 aromatic rings. The molecule has 0 saturated carbocycles. The molecule has 0 atom stereocenters. The first kappa shape index (κ1) is 20.2. The van der Waals surface area contributed by atoms with Crippen LogP contribution in [-0.4, -0.2) is 27.2 Å². The maximum atomic E-state index is 12.9. The fraction of sp³-hybridized carbons (Fsp3) is 0.125. The van der Waals surface area contributed by atoms with E-state index >= 15 is 0 Å². The number of pyridine rings is 1. The molecule has 0 saturated heterocycles. The SMILES string of the molecule is Cc1ccc(-c2ccccc2C(=O)Nc2ccc(NCCn3nccc3N)nc2)cc1. The minimum absolute atomic E-state index is 0.173. The topological polar surface area (TPSA) is 97.9 Å². The molecule has 0 fully saturated rings. The van der Waals surface area contributed by atoms with Gasteiger partial charge in [-0.3, -0.25) is 4.79 Å². The zero-order valence-corrected chi connectivity index (χ0v) is 17.2. The second-order valence-corrected chi connectivity index (χ2v) is 7.20. The molecule has 0 aliphatic heterocycles. The molecule has 31 heavy (non-hydrogen) atoms. The van der Waals surface area contributed by atoms with Crippen LogP contribution in [0.1, 0.15) is 15.9 Å². The van der Waals surface area contributed by atoms with Crippen LogP contribution in [0, 0.1) is 6.92 Å². The molecule has 7 heteroatoms. The number of amides is 1. The van der Waals surface area contributed by atoms with Gasteiger partial charge in [0.2, 0.25) is 0 Å². The minimum Gasteiger partial charge on any atom is -0.384 e. The Labute approximate surface area is 180 Å². The Morgan fingerprint density at radius 1 is 1.03 bits per heavy atom. The molecule has 1 amide bonds. The molecular weight excluding hydrogens is 388 g/mol. The Kier molecular flexibility index (Phi) is 5.93. The molecular formula is C24H24N6O. The highest BCUT2D eigenvalue weighted by Gasteiger charge is 2.13. The van der Waals surface area contributed by atoms with Gasteiger partial charge in [-0.05, 0) is 42.3 Å². The van der Waals surface area contributed by atoms with Gasteiger partial charge in [-0.2, -0.15) is 5.10 Å². The van der Waals surface area contributed by atoms with E-state index in [0.29, 0.717) is 36.0 Å². The van der Waals surface area contributed by atoms with Crippen molar-refractivity contribution < 1.29 is 4.79 Å². The molecule has 4 rings (SSSR count). The van der Waals surface area contributed by atoms with E-state index in [9.17, 15) is 4.79 Å². The first-order chi connectivity index (χ1) is 15.1. The number of nitrogens with two attached hydrogens (primary N) is 1. The molecule has 2 aromatic carbocycles. The third kappa shape index (κ3) is 4.90. The molecule has 0 aliphatic carbocycles. The number of nitrogen functional groups attached to an aromatic ring is 1. The first-order valence-electron chi connectivity index (χ1n) is 10.0. The molecule has 156 valence electrons. The highest BCUT2D eigenvalue weighted by Crippen LogP contribution is 2.25. The lowest BCUT2D eigenvalue weighted by atomic mass is 9.98. The minimum atomic E-state index is -0.173. The number of aromatic nitrogens is 3. The van der Waals surface area contributed by atoms with E-state index in [1.54, 1.807) is 23.1 Å². The second-order valence-electron chi connectivity index (χ2n) is 7.20. The third-order valence-corrected chi connectivity index (χ3v) is 4.93. The largest absolute Gasteiger partial charge is 0.384 e. The number of carbonyl (C=O) groups is 1. The number of hydrogen-bond acceptors (Lipinski definition) is 5. The van der Waals surface area contributed by atoms with E-state index in [1.807, 2.05) is 67.6 Å². The molecule has 0 bridgehead atoms. The summed E-state index contributed by atoms with van der Waals surface area (Å²) in [5, 5.41) is 10.3. The van der Waals surface area contributed by atoms with Crippen LogP contribution in [0.3, 0.4) is 0 Å². The predicted molar refractivity (Wildman–Crippen MR) is 124 cm³/mol. The normalized spacial score (nSPS) is 10.6. The van der Waals surface area contributed by atoms with E-state index in [1.165, 1.54) is 5.56 Å². The smallest absolute Gasteiger partial charge is 0.256 e. The number of nitrogens with zero attached hydrogens (tertiary/aromatic N) is 3. The molecule has 0 aliphatic rings. The lowest BCUT2D eigenvalue weighted by molar-refractivity contribution is 0.102. The van der Waals surface area contributed by atoms with E-state index in [-0.39, 0.29) is 5.91 Å². The van der Waals surface area contributed by atoms with Crippen molar-refractivity contribution in [2.75, 3.05) is 22.9 Å². The van der Waals surface area contributed by atoms with Crippen LogP contribution in [-0.2, 0) is 6.54 Å². The van der Waals surface area contributed by atoms with Gasteiger partial charge in [0.05, 0.1) is 24.6 Å². The maximum Gasteiger partial charge on any atom is 0.256 e. The lowest BCUT2D eigenvalue weighted by Crippen LogP contribution is -2.15. The van der Waals surface area contributed by atoms with Gasteiger partial charge in [-0.25, -0.2) is 9.67 Å². The standard InChI is InChI=1S/C24H24N6O/c1-17-6-8-18(9-7-17)20-4-2-3-5-21(20)24(31)29-19-10-11-23(27-16-19)26-14-15-30-22(25)12-13-28-30/h2-13,16H,14-15,25H2,1H3,(H,26,27)(H,29,31). The Hall–Kier alpha value is -4.13. The molecule has 0 unspecified atom stereocenters. The summed E-state index contributed by atoms with van der Waals surface area (Å²) in [4.78, 5) is 17.3. The van der Waals surface area contributed by atoms with Crippen LogP contribution >= 0.6 is 0 Å². The van der Waals surface area contributed by atoms with E-state index < -0.39 is 0 Å².